The molecule has 0 saturated heterocycles. The summed E-state index contributed by atoms with van der Waals surface area (Å²) in [6.07, 6.45) is 0.332. The molecule has 2 N–H and O–H groups in total. The molecule has 7 nitrogen and oxygen atoms in total. The summed E-state index contributed by atoms with van der Waals surface area (Å²) in [6, 6.07) is 6.65. The number of carbonyl (C=O) groups is 2. The molecule has 0 unspecified atom stereocenters. The van der Waals surface area contributed by atoms with E-state index in [2.05, 4.69) is 5.32 Å². The number of hydrogen-bond donors (Lipinski definition) is 2. The fourth-order valence-electron chi connectivity index (χ4n) is 2.58. The maximum Gasteiger partial charge on any atom is 0.335 e. The van der Waals surface area contributed by atoms with Crippen LogP contribution in [0.15, 0.2) is 30.3 Å². The molecule has 2 aromatic rings. The zero-order valence-electron chi connectivity index (χ0n) is 15.2. The zero-order valence-corrected chi connectivity index (χ0v) is 15.2. The second-order valence-corrected chi connectivity index (χ2v) is 5.54. The Balaban J connectivity index is 2.12. The minimum Gasteiger partial charge on any atom is -0.493 e. The van der Waals surface area contributed by atoms with E-state index >= 15 is 0 Å². The van der Waals surface area contributed by atoms with Crippen molar-refractivity contribution < 1.29 is 33.3 Å². The van der Waals surface area contributed by atoms with E-state index in [0.717, 1.165) is 18.2 Å². The first-order valence-corrected chi connectivity index (χ1v) is 8.01. The van der Waals surface area contributed by atoms with Gasteiger partial charge in [0.25, 0.3) is 0 Å². The molecule has 0 aliphatic rings. The number of anilines is 1. The van der Waals surface area contributed by atoms with Crippen LogP contribution in [-0.4, -0.2) is 38.3 Å². The topological polar surface area (TPSA) is 94.1 Å². The molecule has 0 spiro atoms. The van der Waals surface area contributed by atoms with Gasteiger partial charge in [-0.05, 0) is 36.2 Å². The first kappa shape index (κ1) is 20.0. The first-order valence-electron chi connectivity index (χ1n) is 8.01. The van der Waals surface area contributed by atoms with Crippen molar-refractivity contribution in [2.24, 2.45) is 0 Å². The fraction of sp³-hybridized carbons (Fsp3) is 0.263. The highest BCUT2D eigenvalue weighted by Crippen LogP contribution is 2.40. The van der Waals surface area contributed by atoms with Crippen LogP contribution < -0.4 is 19.5 Å². The fourth-order valence-corrected chi connectivity index (χ4v) is 2.58. The van der Waals surface area contributed by atoms with Crippen LogP contribution in [0.25, 0.3) is 0 Å². The Morgan fingerprint density at radius 1 is 1.04 bits per heavy atom. The van der Waals surface area contributed by atoms with E-state index in [1.165, 1.54) is 21.3 Å². The number of methoxy groups -OCH3 is 3. The summed E-state index contributed by atoms with van der Waals surface area (Å²) < 4.78 is 29.7. The van der Waals surface area contributed by atoms with E-state index < -0.39 is 17.7 Å². The van der Waals surface area contributed by atoms with Crippen LogP contribution in [0, 0.1) is 5.82 Å². The molecule has 0 aromatic heterocycles. The van der Waals surface area contributed by atoms with Gasteiger partial charge in [-0.3, -0.25) is 4.79 Å². The third-order valence-corrected chi connectivity index (χ3v) is 3.89. The number of rotatable bonds is 8. The van der Waals surface area contributed by atoms with Crippen molar-refractivity contribution in [3.8, 4) is 17.2 Å². The van der Waals surface area contributed by atoms with Crippen LogP contribution >= 0.6 is 0 Å². The number of benzene rings is 2. The molecule has 0 saturated carbocycles. The predicted octanol–water partition coefficient (Wildman–Crippen LogP) is 3.12. The number of nitrogens with one attached hydrogen (secondary N) is 1. The Morgan fingerprint density at radius 3 is 2.33 bits per heavy atom. The maximum absolute atomic E-state index is 13.8. The van der Waals surface area contributed by atoms with E-state index in [1.54, 1.807) is 12.1 Å². The molecule has 0 radical (unpaired) electrons. The van der Waals surface area contributed by atoms with Gasteiger partial charge >= 0.3 is 5.97 Å². The number of amides is 1. The maximum atomic E-state index is 13.8. The van der Waals surface area contributed by atoms with Crippen LogP contribution in [0.3, 0.4) is 0 Å². The molecule has 8 heteroatoms. The number of ether oxygens (including phenoxy) is 3. The van der Waals surface area contributed by atoms with Crippen LogP contribution in [0.4, 0.5) is 10.1 Å². The summed E-state index contributed by atoms with van der Waals surface area (Å²) in [7, 11) is 4.47. The third kappa shape index (κ3) is 4.66. The quantitative estimate of drug-likeness (QED) is 0.734. The molecule has 1 amide bonds. The van der Waals surface area contributed by atoms with Crippen molar-refractivity contribution >= 4 is 17.6 Å². The van der Waals surface area contributed by atoms with Crippen molar-refractivity contribution in [2.45, 2.75) is 12.8 Å². The van der Waals surface area contributed by atoms with Gasteiger partial charge in [0.2, 0.25) is 11.7 Å². The van der Waals surface area contributed by atoms with Crippen molar-refractivity contribution in [1.29, 1.82) is 0 Å². The smallest absolute Gasteiger partial charge is 0.335 e. The highest BCUT2D eigenvalue weighted by Gasteiger charge is 2.17. The Hall–Kier alpha value is -3.29. The van der Waals surface area contributed by atoms with Gasteiger partial charge in [-0.2, -0.15) is 0 Å². The molecule has 0 aliphatic heterocycles. The van der Waals surface area contributed by atoms with Crippen LogP contribution in [-0.2, 0) is 11.2 Å². The minimum atomic E-state index is -1.21. The molecule has 0 heterocycles. The van der Waals surface area contributed by atoms with Gasteiger partial charge in [-0.1, -0.05) is 6.07 Å². The summed E-state index contributed by atoms with van der Waals surface area (Å²) in [5.41, 5.74) is 0.414. The molecule has 0 atom stereocenters. The molecule has 2 aromatic carbocycles. The van der Waals surface area contributed by atoms with E-state index in [0.29, 0.717) is 29.2 Å². The predicted molar refractivity (Wildman–Crippen MR) is 96.4 cm³/mol. The Bertz CT molecular complexity index is 852. The summed E-state index contributed by atoms with van der Waals surface area (Å²) in [5.74, 6) is -1.03. The largest absolute Gasteiger partial charge is 0.493 e. The van der Waals surface area contributed by atoms with Crippen molar-refractivity contribution in [3.63, 3.8) is 0 Å². The van der Waals surface area contributed by atoms with Crippen LogP contribution in [0.2, 0.25) is 0 Å². The van der Waals surface area contributed by atoms with E-state index in [4.69, 9.17) is 19.3 Å². The SMILES string of the molecule is COc1ccc(CCC(=O)Nc2cc(C(=O)O)ccc2F)c(OC)c1OC. The first-order chi connectivity index (χ1) is 12.9. The lowest BCUT2D eigenvalue weighted by Crippen LogP contribution is -2.14. The molecule has 0 aliphatic carbocycles. The van der Waals surface area contributed by atoms with E-state index in [9.17, 15) is 14.0 Å². The molecule has 0 bridgehead atoms. The van der Waals surface area contributed by atoms with Crippen molar-refractivity contribution in [2.75, 3.05) is 26.6 Å². The molecular formula is C19H20FNO6. The number of carbonyl (C=O) groups excluding carboxylic acids is 1. The van der Waals surface area contributed by atoms with Crippen molar-refractivity contribution in [1.82, 2.24) is 0 Å². The number of aryl methyl sites for hydroxylation is 1. The Kier molecular flexibility index (Phi) is 6.59. The second kappa shape index (κ2) is 8.88. The number of hydrogen-bond acceptors (Lipinski definition) is 5. The summed E-state index contributed by atoms with van der Waals surface area (Å²) in [4.78, 5) is 23.1. The third-order valence-electron chi connectivity index (χ3n) is 3.89. The van der Waals surface area contributed by atoms with Gasteiger partial charge in [0, 0.05) is 6.42 Å². The van der Waals surface area contributed by atoms with Gasteiger partial charge < -0.3 is 24.6 Å². The van der Waals surface area contributed by atoms with Gasteiger partial charge in [-0.15, -0.1) is 0 Å². The average molecular weight is 377 g/mol. The van der Waals surface area contributed by atoms with Crippen molar-refractivity contribution in [3.05, 3.63) is 47.3 Å². The monoisotopic (exact) mass is 377 g/mol. The zero-order chi connectivity index (χ0) is 20.0. The van der Waals surface area contributed by atoms with Gasteiger partial charge in [0.05, 0.1) is 32.6 Å². The van der Waals surface area contributed by atoms with Gasteiger partial charge in [0.15, 0.2) is 11.5 Å². The van der Waals surface area contributed by atoms with Gasteiger partial charge in [0.1, 0.15) is 5.82 Å². The molecular weight excluding hydrogens is 357 g/mol. The van der Waals surface area contributed by atoms with Crippen LogP contribution in [0.1, 0.15) is 22.3 Å². The Labute approximate surface area is 155 Å². The Morgan fingerprint density at radius 2 is 1.74 bits per heavy atom. The normalized spacial score (nSPS) is 10.2. The molecule has 0 fully saturated rings. The molecule has 2 rings (SSSR count). The lowest BCUT2D eigenvalue weighted by molar-refractivity contribution is -0.116. The number of halogens is 1. The number of carboxylic acids is 1. The summed E-state index contributed by atoms with van der Waals surface area (Å²) in [6.45, 7) is 0. The van der Waals surface area contributed by atoms with E-state index in [1.807, 2.05) is 0 Å². The highest BCUT2D eigenvalue weighted by molar-refractivity contribution is 5.94. The molecule has 144 valence electrons. The standard InChI is InChI=1S/C19H20FNO6/c1-25-15-8-5-11(17(26-2)18(15)27-3)6-9-16(22)21-14-10-12(19(23)24)4-7-13(14)20/h4-5,7-8,10H,6,9H2,1-3H3,(H,21,22)(H,23,24). The lowest BCUT2D eigenvalue weighted by atomic mass is 10.1. The summed E-state index contributed by atoms with van der Waals surface area (Å²) >= 11 is 0. The van der Waals surface area contributed by atoms with Gasteiger partial charge in [-0.25, -0.2) is 9.18 Å². The number of aromatic carboxylic acids is 1. The molecule has 27 heavy (non-hydrogen) atoms. The summed E-state index contributed by atoms with van der Waals surface area (Å²) in [5, 5.41) is 11.4. The average Bonchev–Trinajstić information content (AvgIpc) is 2.66. The lowest BCUT2D eigenvalue weighted by Gasteiger charge is -2.15. The van der Waals surface area contributed by atoms with E-state index in [-0.39, 0.29) is 17.7 Å². The highest BCUT2D eigenvalue weighted by atomic mass is 19.1. The number of carboxylic acid groups (broad SMARTS) is 1. The second-order valence-electron chi connectivity index (χ2n) is 5.54. The van der Waals surface area contributed by atoms with Crippen LogP contribution in [0.5, 0.6) is 17.2 Å². The minimum absolute atomic E-state index is 0.0303.